The summed E-state index contributed by atoms with van der Waals surface area (Å²) in [4.78, 5) is 0. The zero-order chi connectivity index (χ0) is 5.91. The molecule has 0 saturated carbocycles. The van der Waals surface area contributed by atoms with Gasteiger partial charge in [-0.2, -0.15) is 12.2 Å². The van der Waals surface area contributed by atoms with Crippen molar-refractivity contribution in [1.29, 1.82) is 0 Å². The molecule has 0 bridgehead atoms. The molecule has 44 valence electrons. The van der Waals surface area contributed by atoms with E-state index >= 15 is 0 Å². The predicted octanol–water partition coefficient (Wildman–Crippen LogP) is -2.55. The molecule has 0 aromatic carbocycles. The van der Waals surface area contributed by atoms with Crippen molar-refractivity contribution in [3.05, 3.63) is 5.75 Å². The molecule has 0 spiro atoms. The number of hydrogen-bond donors (Lipinski definition) is 1. The Kier molecular flexibility index (Phi) is 8.17. The van der Waals surface area contributed by atoms with E-state index < -0.39 is 10.1 Å². The van der Waals surface area contributed by atoms with E-state index in [1.807, 2.05) is 0 Å². The van der Waals surface area contributed by atoms with E-state index in [2.05, 4.69) is 0 Å². The van der Waals surface area contributed by atoms with Gasteiger partial charge in [-0.05, 0) is 0 Å². The Morgan fingerprint density at radius 2 is 2.00 bits per heavy atom. The van der Waals surface area contributed by atoms with Crippen LogP contribution in [0.4, 0.5) is 0 Å². The Labute approximate surface area is 92.0 Å². The summed E-state index contributed by atoms with van der Waals surface area (Å²) in [5, 5.41) is 0. The minimum absolute atomic E-state index is 0. The minimum atomic E-state index is -3.80. The summed E-state index contributed by atoms with van der Waals surface area (Å²) < 4.78 is 27.4. The third kappa shape index (κ3) is 10.5. The maximum Gasteiger partial charge on any atom is 1.00 e. The van der Waals surface area contributed by atoms with Crippen LogP contribution in [0, 0.1) is 5.75 Å². The van der Waals surface area contributed by atoms with Crippen LogP contribution in [-0.4, -0.2) is 13.0 Å². The Hall–Kier alpha value is 1.55. The average molecular weight is 162 g/mol. The van der Waals surface area contributed by atoms with Crippen molar-refractivity contribution < 1.29 is 64.4 Å². The second-order valence-electron chi connectivity index (χ2n) is 1.09. The molecule has 0 heterocycles. The molecule has 5 heteroatoms. The number of hydrogen-bond acceptors (Lipinski definition) is 2. The molecule has 0 saturated heterocycles. The van der Waals surface area contributed by atoms with Crippen molar-refractivity contribution in [1.82, 2.24) is 0 Å². The monoisotopic (exact) mass is 162 g/mol. The van der Waals surface area contributed by atoms with Crippen LogP contribution in [-0.2, 0) is 10.1 Å². The summed E-state index contributed by atoms with van der Waals surface area (Å²) in [6.07, 6.45) is 0.346. The molecule has 0 rings (SSSR count). The number of rotatable bonds is 2. The zero-order valence-electron chi connectivity index (χ0n) is 4.96. The van der Waals surface area contributed by atoms with Crippen LogP contribution in [0.15, 0.2) is 0 Å². The van der Waals surface area contributed by atoms with E-state index in [9.17, 15) is 8.42 Å². The van der Waals surface area contributed by atoms with Gasteiger partial charge in [0, 0.05) is 0 Å². The van der Waals surface area contributed by atoms with E-state index in [0.29, 0.717) is 6.42 Å². The summed E-state index contributed by atoms with van der Waals surface area (Å²) in [6.45, 7) is 1.63. The quantitative estimate of drug-likeness (QED) is 0.276. The Bertz CT molecular complexity index is 127. The zero-order valence-corrected chi connectivity index (χ0v) is 8.90. The molecule has 0 unspecified atom stereocenters. The topological polar surface area (TPSA) is 54.4 Å². The molecule has 1 N–H and O–H groups in total. The molecule has 0 aliphatic heterocycles. The molecular weight excluding hydrogens is 155 g/mol. The maximum atomic E-state index is 9.73. The normalized spacial score (nSPS) is 10.2. The molecule has 8 heavy (non-hydrogen) atoms. The van der Waals surface area contributed by atoms with Gasteiger partial charge in [-0.1, -0.05) is 6.92 Å². The standard InChI is InChI=1S/C3H7O3S.K/c1-2-3-7(4,5)6;/h3H,2H2,1H3,(H,4,5,6);/q-1;+1. The Morgan fingerprint density at radius 3 is 2.00 bits per heavy atom. The molecule has 0 aliphatic rings. The molecule has 3 nitrogen and oxygen atoms in total. The molecule has 0 aliphatic carbocycles. The van der Waals surface area contributed by atoms with Gasteiger partial charge >= 0.3 is 51.4 Å². The molecule has 0 aromatic heterocycles. The fraction of sp³-hybridized carbons (Fsp3) is 0.667. The molecule has 0 aromatic rings. The van der Waals surface area contributed by atoms with Crippen LogP contribution in [0.5, 0.6) is 0 Å². The van der Waals surface area contributed by atoms with Crippen molar-refractivity contribution in [2.24, 2.45) is 0 Å². The molecule has 0 amide bonds. The van der Waals surface area contributed by atoms with Crippen LogP contribution < -0.4 is 51.4 Å². The van der Waals surface area contributed by atoms with Gasteiger partial charge < -0.3 is 4.55 Å². The summed E-state index contributed by atoms with van der Waals surface area (Å²) in [7, 11) is -3.80. The molecule has 0 fully saturated rings. The first-order chi connectivity index (χ1) is 3.06. The maximum absolute atomic E-state index is 9.73. The van der Waals surface area contributed by atoms with Crippen molar-refractivity contribution >= 4 is 10.1 Å². The van der Waals surface area contributed by atoms with Gasteiger partial charge in [0.05, 0.1) is 0 Å². The van der Waals surface area contributed by atoms with E-state index in [4.69, 9.17) is 4.55 Å². The van der Waals surface area contributed by atoms with Crippen LogP contribution >= 0.6 is 0 Å². The second-order valence-corrected chi connectivity index (χ2v) is 2.45. The van der Waals surface area contributed by atoms with E-state index in [-0.39, 0.29) is 51.4 Å². The molecule has 0 radical (unpaired) electrons. The SMILES string of the molecule is CC[CH-]S(=O)(=O)O.[K+]. The summed E-state index contributed by atoms with van der Waals surface area (Å²) in [5.74, 6) is 0.840. The van der Waals surface area contributed by atoms with Gasteiger partial charge in [-0.3, -0.25) is 0 Å². The Balaban J connectivity index is 0. The smallest absolute Gasteiger partial charge is 0.309 e. The van der Waals surface area contributed by atoms with Gasteiger partial charge in [-0.15, -0.1) is 0 Å². The summed E-state index contributed by atoms with van der Waals surface area (Å²) >= 11 is 0. The first-order valence-corrected chi connectivity index (χ1v) is 3.37. The largest absolute Gasteiger partial charge is 1.00 e. The predicted molar refractivity (Wildman–Crippen MR) is 26.1 cm³/mol. The fourth-order valence-corrected chi connectivity index (χ4v) is 0.632. The minimum Gasteiger partial charge on any atom is -0.309 e. The van der Waals surface area contributed by atoms with Crippen molar-refractivity contribution in [3.8, 4) is 0 Å². The molecule has 0 atom stereocenters. The first kappa shape index (κ1) is 12.2. The van der Waals surface area contributed by atoms with Gasteiger partial charge in [0.25, 0.3) is 0 Å². The van der Waals surface area contributed by atoms with Crippen molar-refractivity contribution in [2.45, 2.75) is 13.3 Å². The van der Waals surface area contributed by atoms with Gasteiger partial charge in [-0.25, -0.2) is 8.42 Å². The average Bonchev–Trinajstić information content (AvgIpc) is 1.30. The summed E-state index contributed by atoms with van der Waals surface area (Å²) in [6, 6.07) is 0. The van der Waals surface area contributed by atoms with Crippen LogP contribution in [0.1, 0.15) is 13.3 Å². The third-order valence-corrected chi connectivity index (χ3v) is 1.13. The third-order valence-electron chi connectivity index (χ3n) is 0.377. The summed E-state index contributed by atoms with van der Waals surface area (Å²) in [5.41, 5.74) is 0. The van der Waals surface area contributed by atoms with Gasteiger partial charge in [0.1, 0.15) is 10.1 Å². The van der Waals surface area contributed by atoms with Crippen LogP contribution in [0.25, 0.3) is 0 Å². The first-order valence-electron chi connectivity index (χ1n) is 1.87. The second kappa shape index (κ2) is 5.34. The van der Waals surface area contributed by atoms with Crippen LogP contribution in [0.3, 0.4) is 0 Å². The van der Waals surface area contributed by atoms with Crippen molar-refractivity contribution in [2.75, 3.05) is 0 Å². The van der Waals surface area contributed by atoms with Crippen molar-refractivity contribution in [3.63, 3.8) is 0 Å². The fourth-order valence-electron chi connectivity index (χ4n) is 0.211. The van der Waals surface area contributed by atoms with Gasteiger partial charge in [0.15, 0.2) is 0 Å². The van der Waals surface area contributed by atoms with Crippen LogP contribution in [0.2, 0.25) is 0 Å². The Morgan fingerprint density at radius 1 is 1.62 bits per heavy atom. The van der Waals surface area contributed by atoms with E-state index in [0.717, 1.165) is 5.75 Å². The van der Waals surface area contributed by atoms with Gasteiger partial charge in [0.2, 0.25) is 0 Å². The van der Waals surface area contributed by atoms with E-state index in [1.54, 1.807) is 6.92 Å². The van der Waals surface area contributed by atoms with E-state index in [1.165, 1.54) is 0 Å². The molecular formula is C3H7KO3S.